The summed E-state index contributed by atoms with van der Waals surface area (Å²) in [6, 6.07) is 22.2. The molecule has 0 saturated carbocycles. The summed E-state index contributed by atoms with van der Waals surface area (Å²) in [5.41, 5.74) is 2.91. The zero-order chi connectivity index (χ0) is 24.4. The van der Waals surface area contributed by atoms with Gasteiger partial charge in [-0.05, 0) is 35.9 Å². The van der Waals surface area contributed by atoms with Crippen molar-refractivity contribution in [2.75, 3.05) is 38.1 Å². The van der Waals surface area contributed by atoms with Gasteiger partial charge in [-0.1, -0.05) is 60.3 Å². The molecule has 3 aromatic carbocycles. The number of likely N-dealkylation sites (N-methyl/N-ethyl adjacent to an activating group) is 1. The lowest BCUT2D eigenvalue weighted by molar-refractivity contribution is -0.114. The highest BCUT2D eigenvalue weighted by molar-refractivity contribution is 8.04. The second-order valence-electron chi connectivity index (χ2n) is 8.73. The predicted octanol–water partition coefficient (Wildman–Crippen LogP) is 4.89. The lowest BCUT2D eigenvalue weighted by Gasteiger charge is -2.35. The molecule has 7 heteroatoms. The van der Waals surface area contributed by atoms with Gasteiger partial charge < -0.3 is 9.80 Å². The number of hydrogen-bond acceptors (Lipinski definition) is 4. The van der Waals surface area contributed by atoms with E-state index >= 15 is 0 Å². The molecule has 2 heterocycles. The zero-order valence-corrected chi connectivity index (χ0v) is 20.3. The van der Waals surface area contributed by atoms with Crippen molar-refractivity contribution in [3.8, 4) is 0 Å². The van der Waals surface area contributed by atoms with Crippen molar-refractivity contribution in [2.45, 2.75) is 11.4 Å². The van der Waals surface area contributed by atoms with Gasteiger partial charge in [-0.3, -0.25) is 14.5 Å². The van der Waals surface area contributed by atoms with E-state index in [2.05, 4.69) is 17.0 Å². The SMILES string of the molecule is CN1C(=O)/C(=C/c2ccccc2F)Sc2ccc(C(=O)N3CCN(Cc4ccccc4)CC3)cc21. The Morgan fingerprint density at radius 3 is 2.43 bits per heavy atom. The Balaban J connectivity index is 1.28. The lowest BCUT2D eigenvalue weighted by atomic mass is 10.1. The Labute approximate surface area is 208 Å². The Morgan fingerprint density at radius 1 is 0.971 bits per heavy atom. The lowest BCUT2D eigenvalue weighted by Crippen LogP contribution is -2.48. The molecule has 5 nitrogen and oxygen atoms in total. The average Bonchev–Trinajstić information content (AvgIpc) is 2.89. The van der Waals surface area contributed by atoms with Crippen LogP contribution in [0, 0.1) is 5.82 Å². The molecule has 0 aliphatic carbocycles. The third-order valence-electron chi connectivity index (χ3n) is 6.40. The van der Waals surface area contributed by atoms with Gasteiger partial charge in [0.15, 0.2) is 0 Å². The summed E-state index contributed by atoms with van der Waals surface area (Å²) in [7, 11) is 1.69. The van der Waals surface area contributed by atoms with Crippen LogP contribution < -0.4 is 4.90 Å². The van der Waals surface area contributed by atoms with Crippen LogP contribution in [-0.2, 0) is 11.3 Å². The van der Waals surface area contributed by atoms with Gasteiger partial charge in [-0.2, -0.15) is 0 Å². The highest BCUT2D eigenvalue weighted by Crippen LogP contribution is 2.42. The van der Waals surface area contributed by atoms with E-state index in [0.29, 0.717) is 34.8 Å². The highest BCUT2D eigenvalue weighted by atomic mass is 32.2. The fraction of sp³-hybridized carbons (Fsp3) is 0.214. The second kappa shape index (κ2) is 10.1. The number of fused-ring (bicyclic) bond motifs is 1. The van der Waals surface area contributed by atoms with E-state index in [1.54, 1.807) is 37.4 Å². The molecule has 0 aromatic heterocycles. The molecule has 0 radical (unpaired) electrons. The Morgan fingerprint density at radius 2 is 1.69 bits per heavy atom. The zero-order valence-electron chi connectivity index (χ0n) is 19.5. The number of rotatable bonds is 4. The van der Waals surface area contributed by atoms with Crippen molar-refractivity contribution in [3.05, 3.63) is 100 Å². The number of benzene rings is 3. The number of hydrogen-bond donors (Lipinski definition) is 0. The molecule has 3 aromatic rings. The van der Waals surface area contributed by atoms with Crippen LogP contribution in [0.25, 0.3) is 6.08 Å². The molecule has 178 valence electrons. The van der Waals surface area contributed by atoms with Gasteiger partial charge >= 0.3 is 0 Å². The molecule has 35 heavy (non-hydrogen) atoms. The Hall–Kier alpha value is -3.42. The molecular weight excluding hydrogens is 461 g/mol. The number of amides is 2. The van der Waals surface area contributed by atoms with E-state index in [1.807, 2.05) is 35.2 Å². The number of halogens is 1. The maximum atomic E-state index is 14.1. The van der Waals surface area contributed by atoms with Crippen LogP contribution in [0.2, 0.25) is 0 Å². The maximum absolute atomic E-state index is 14.1. The third kappa shape index (κ3) is 5.01. The minimum Gasteiger partial charge on any atom is -0.336 e. The van der Waals surface area contributed by atoms with Crippen molar-refractivity contribution in [1.82, 2.24) is 9.80 Å². The van der Waals surface area contributed by atoms with Crippen LogP contribution >= 0.6 is 11.8 Å². The molecule has 0 spiro atoms. The first-order chi connectivity index (χ1) is 17.0. The first-order valence-corrected chi connectivity index (χ1v) is 12.4. The molecule has 2 aliphatic heterocycles. The number of anilines is 1. The van der Waals surface area contributed by atoms with Crippen LogP contribution in [0.15, 0.2) is 82.6 Å². The summed E-state index contributed by atoms with van der Waals surface area (Å²) in [6.45, 7) is 3.87. The summed E-state index contributed by atoms with van der Waals surface area (Å²) in [5, 5.41) is 0. The molecule has 0 atom stereocenters. The highest BCUT2D eigenvalue weighted by Gasteiger charge is 2.29. The van der Waals surface area contributed by atoms with Gasteiger partial charge in [0.2, 0.25) is 0 Å². The first kappa shape index (κ1) is 23.3. The summed E-state index contributed by atoms with van der Waals surface area (Å²) in [6.07, 6.45) is 1.58. The van der Waals surface area contributed by atoms with Gasteiger partial charge in [0.05, 0.1) is 10.6 Å². The third-order valence-corrected chi connectivity index (χ3v) is 7.48. The van der Waals surface area contributed by atoms with Crippen LogP contribution in [0.3, 0.4) is 0 Å². The minimum atomic E-state index is -0.369. The monoisotopic (exact) mass is 487 g/mol. The Bertz CT molecular complexity index is 1290. The van der Waals surface area contributed by atoms with E-state index in [0.717, 1.165) is 24.5 Å². The van der Waals surface area contributed by atoms with Crippen molar-refractivity contribution in [1.29, 1.82) is 0 Å². The quantitative estimate of drug-likeness (QED) is 0.492. The number of piperazine rings is 1. The molecule has 1 fully saturated rings. The largest absolute Gasteiger partial charge is 0.336 e. The molecule has 0 N–H and O–H groups in total. The summed E-state index contributed by atoms with van der Waals surface area (Å²) in [4.78, 5) is 33.3. The molecular formula is C28H26FN3O2S. The number of thioether (sulfide) groups is 1. The van der Waals surface area contributed by atoms with Crippen molar-refractivity contribution >= 4 is 35.3 Å². The van der Waals surface area contributed by atoms with Crippen LogP contribution in [-0.4, -0.2) is 54.8 Å². The molecule has 1 saturated heterocycles. The predicted molar refractivity (Wildman–Crippen MR) is 138 cm³/mol. The van der Waals surface area contributed by atoms with Gasteiger partial charge in [0.25, 0.3) is 11.8 Å². The van der Waals surface area contributed by atoms with Crippen LogP contribution in [0.4, 0.5) is 10.1 Å². The topological polar surface area (TPSA) is 43.9 Å². The fourth-order valence-electron chi connectivity index (χ4n) is 4.39. The molecule has 0 bridgehead atoms. The van der Waals surface area contributed by atoms with Gasteiger partial charge in [-0.25, -0.2) is 4.39 Å². The molecule has 2 amide bonds. The summed E-state index contributed by atoms with van der Waals surface area (Å²) in [5.74, 6) is -0.609. The Kier molecular flexibility index (Phi) is 6.70. The number of carbonyl (C=O) groups excluding carboxylic acids is 2. The summed E-state index contributed by atoms with van der Waals surface area (Å²) >= 11 is 1.30. The fourth-order valence-corrected chi connectivity index (χ4v) is 5.48. The standard InChI is InChI=1S/C28H26FN3O2S/c1-30-24-17-22(27(33)32-15-13-31(14-16-32)19-20-7-3-2-4-8-20)11-12-25(24)35-26(28(30)34)18-21-9-5-6-10-23(21)29/h2-12,17-18H,13-16,19H2,1H3/b26-18-. The average molecular weight is 488 g/mol. The first-order valence-electron chi connectivity index (χ1n) is 11.6. The van der Waals surface area contributed by atoms with E-state index < -0.39 is 0 Å². The second-order valence-corrected chi connectivity index (χ2v) is 9.82. The van der Waals surface area contributed by atoms with Gasteiger partial charge in [0, 0.05) is 55.8 Å². The minimum absolute atomic E-state index is 0.0225. The van der Waals surface area contributed by atoms with Crippen molar-refractivity contribution in [3.63, 3.8) is 0 Å². The van der Waals surface area contributed by atoms with Crippen LogP contribution in [0.1, 0.15) is 21.5 Å². The van der Waals surface area contributed by atoms with Crippen molar-refractivity contribution < 1.29 is 14.0 Å². The number of carbonyl (C=O) groups is 2. The molecule has 2 aliphatic rings. The molecule has 0 unspecified atom stereocenters. The summed E-state index contributed by atoms with van der Waals surface area (Å²) < 4.78 is 14.1. The van der Waals surface area contributed by atoms with Crippen LogP contribution in [0.5, 0.6) is 0 Å². The normalized spacial score (nSPS) is 17.5. The van der Waals surface area contributed by atoms with Gasteiger partial charge in [-0.15, -0.1) is 0 Å². The van der Waals surface area contributed by atoms with E-state index in [9.17, 15) is 14.0 Å². The molecule has 5 rings (SSSR count). The van der Waals surface area contributed by atoms with E-state index in [4.69, 9.17) is 0 Å². The number of nitrogens with zero attached hydrogens (tertiary/aromatic N) is 3. The van der Waals surface area contributed by atoms with E-state index in [1.165, 1.54) is 28.3 Å². The van der Waals surface area contributed by atoms with Crippen molar-refractivity contribution in [2.24, 2.45) is 0 Å². The van der Waals surface area contributed by atoms with E-state index in [-0.39, 0.29) is 17.6 Å². The maximum Gasteiger partial charge on any atom is 0.264 e. The van der Waals surface area contributed by atoms with Gasteiger partial charge in [0.1, 0.15) is 5.82 Å². The smallest absolute Gasteiger partial charge is 0.264 e.